The maximum absolute atomic E-state index is 14.2. The zero-order chi connectivity index (χ0) is 24.9. The molecule has 0 saturated carbocycles. The van der Waals surface area contributed by atoms with Gasteiger partial charge in [-0.15, -0.1) is 0 Å². The molecule has 0 N–H and O–H groups in total. The molecule has 2 fully saturated rings. The van der Waals surface area contributed by atoms with Gasteiger partial charge in [-0.2, -0.15) is 5.10 Å². The third kappa shape index (κ3) is 4.20. The number of amides is 3. The molecule has 0 bridgehead atoms. The largest absolute Gasteiger partial charge is 0.337 e. The van der Waals surface area contributed by atoms with Crippen molar-refractivity contribution >= 4 is 17.6 Å². The Labute approximate surface area is 206 Å². The molecule has 0 atom stereocenters. The molecule has 1 aromatic heterocycles. The Morgan fingerprint density at radius 1 is 1.09 bits per heavy atom. The van der Waals surface area contributed by atoms with Crippen molar-refractivity contribution in [3.05, 3.63) is 47.0 Å². The molecule has 188 valence electrons. The van der Waals surface area contributed by atoms with Crippen LogP contribution in [-0.2, 0) is 12.5 Å². The first-order valence-electron chi connectivity index (χ1n) is 12.5. The van der Waals surface area contributed by atoms with Crippen LogP contribution >= 0.6 is 0 Å². The first-order valence-corrected chi connectivity index (χ1v) is 12.5. The van der Waals surface area contributed by atoms with Crippen LogP contribution < -0.4 is 4.90 Å². The van der Waals surface area contributed by atoms with Crippen LogP contribution in [0.15, 0.2) is 24.3 Å². The second-order valence-electron chi connectivity index (χ2n) is 10.6. The summed E-state index contributed by atoms with van der Waals surface area (Å²) in [5.74, 6) is -0.232. The Kier molecular flexibility index (Phi) is 6.07. The molecule has 3 aliphatic heterocycles. The average molecular weight is 483 g/mol. The number of hydrogen-bond acceptors (Lipinski definition) is 4. The summed E-state index contributed by atoms with van der Waals surface area (Å²) in [5, 5.41) is 4.35. The van der Waals surface area contributed by atoms with E-state index in [-0.39, 0.29) is 23.2 Å². The van der Waals surface area contributed by atoms with Crippen molar-refractivity contribution < 1.29 is 14.0 Å². The molecular formula is C26H35FN6O2. The second-order valence-corrected chi connectivity index (χ2v) is 10.6. The Morgan fingerprint density at radius 2 is 1.77 bits per heavy atom. The number of nitrogens with zero attached hydrogens (tertiary/aromatic N) is 6. The lowest BCUT2D eigenvalue weighted by Crippen LogP contribution is -2.52. The minimum atomic E-state index is -0.246. The Hall–Kier alpha value is -2.94. The molecule has 3 amide bonds. The number of rotatable bonds is 2. The van der Waals surface area contributed by atoms with Gasteiger partial charge in [0.25, 0.3) is 5.91 Å². The number of carbonyl (C=O) groups excluding carboxylic acids is 2. The maximum Gasteiger partial charge on any atom is 0.323 e. The van der Waals surface area contributed by atoms with Crippen LogP contribution in [0.3, 0.4) is 0 Å². The molecule has 1 spiro atoms. The van der Waals surface area contributed by atoms with Gasteiger partial charge in [-0.3, -0.25) is 14.4 Å². The van der Waals surface area contributed by atoms with Gasteiger partial charge in [-0.05, 0) is 75.5 Å². The van der Waals surface area contributed by atoms with Crippen LogP contribution in [-0.4, -0.2) is 89.3 Å². The lowest BCUT2D eigenvalue weighted by atomic mass is 9.74. The van der Waals surface area contributed by atoms with Gasteiger partial charge in [0.1, 0.15) is 5.82 Å². The zero-order valence-electron chi connectivity index (χ0n) is 21.1. The summed E-state index contributed by atoms with van der Waals surface area (Å²) in [5.41, 5.74) is 3.11. The van der Waals surface area contributed by atoms with Gasteiger partial charge in [-0.1, -0.05) is 0 Å². The normalized spacial score (nSPS) is 20.4. The molecule has 35 heavy (non-hydrogen) atoms. The van der Waals surface area contributed by atoms with Crippen LogP contribution in [0.25, 0.3) is 0 Å². The van der Waals surface area contributed by atoms with Crippen molar-refractivity contribution in [2.45, 2.75) is 44.1 Å². The van der Waals surface area contributed by atoms with Crippen LogP contribution in [0, 0.1) is 12.7 Å². The smallest absolute Gasteiger partial charge is 0.323 e. The molecule has 2 saturated heterocycles. The number of anilines is 1. The number of aromatic nitrogens is 2. The summed E-state index contributed by atoms with van der Waals surface area (Å²) in [6, 6.07) is 7.07. The van der Waals surface area contributed by atoms with Crippen molar-refractivity contribution in [2.24, 2.45) is 7.05 Å². The number of hydrogen-bond donors (Lipinski definition) is 0. The number of carbonyl (C=O) groups is 2. The lowest BCUT2D eigenvalue weighted by molar-refractivity contribution is 0.0526. The number of urea groups is 1. The fraction of sp³-hybridized carbons (Fsp3) is 0.577. The number of aryl methyl sites for hydroxylation is 2. The molecule has 4 heterocycles. The Balaban J connectivity index is 1.23. The van der Waals surface area contributed by atoms with Crippen molar-refractivity contribution in [3.63, 3.8) is 0 Å². The summed E-state index contributed by atoms with van der Waals surface area (Å²) in [4.78, 5) is 33.6. The monoisotopic (exact) mass is 482 g/mol. The Morgan fingerprint density at radius 3 is 2.37 bits per heavy atom. The highest BCUT2D eigenvalue weighted by Gasteiger charge is 2.47. The third-order valence-corrected chi connectivity index (χ3v) is 8.25. The van der Waals surface area contributed by atoms with Gasteiger partial charge in [0, 0.05) is 63.6 Å². The van der Waals surface area contributed by atoms with Crippen LogP contribution in [0.2, 0.25) is 0 Å². The minimum Gasteiger partial charge on any atom is -0.337 e. The van der Waals surface area contributed by atoms with E-state index < -0.39 is 0 Å². The number of likely N-dealkylation sites (tertiary alicyclic amines) is 2. The van der Waals surface area contributed by atoms with Crippen molar-refractivity contribution in [1.82, 2.24) is 24.5 Å². The van der Waals surface area contributed by atoms with E-state index in [2.05, 4.69) is 10.00 Å². The molecule has 5 rings (SSSR count). The van der Waals surface area contributed by atoms with E-state index >= 15 is 0 Å². The topological polar surface area (TPSA) is 64.9 Å². The molecule has 0 aliphatic carbocycles. The SMILES string of the molecule is Cc1cc(C(=O)N2CCC(N3CCC4(CC3)CN(C(=O)N(C)C)c3ccc(F)cc34)CC2)nn1C. The average Bonchev–Trinajstić information content (AvgIpc) is 3.35. The van der Waals surface area contributed by atoms with Crippen LogP contribution in [0.1, 0.15) is 47.4 Å². The maximum atomic E-state index is 14.2. The lowest BCUT2D eigenvalue weighted by Gasteiger charge is -2.45. The van der Waals surface area contributed by atoms with Gasteiger partial charge >= 0.3 is 6.03 Å². The Bertz CT molecular complexity index is 1110. The van der Waals surface area contributed by atoms with Gasteiger partial charge in [0.05, 0.1) is 0 Å². The minimum absolute atomic E-state index is 0.0139. The fourth-order valence-corrected chi connectivity index (χ4v) is 6.06. The number of halogens is 1. The quantitative estimate of drug-likeness (QED) is 0.660. The number of fused-ring (bicyclic) bond motifs is 2. The van der Waals surface area contributed by atoms with Crippen molar-refractivity contribution in [2.75, 3.05) is 51.7 Å². The van der Waals surface area contributed by atoms with Crippen molar-refractivity contribution in [3.8, 4) is 0 Å². The highest BCUT2D eigenvalue weighted by atomic mass is 19.1. The molecule has 9 heteroatoms. The summed E-state index contributed by atoms with van der Waals surface area (Å²) < 4.78 is 16.0. The summed E-state index contributed by atoms with van der Waals surface area (Å²) in [6.07, 6.45) is 3.68. The van der Waals surface area contributed by atoms with E-state index in [1.54, 1.807) is 35.8 Å². The van der Waals surface area contributed by atoms with E-state index in [1.807, 2.05) is 29.8 Å². The highest BCUT2D eigenvalue weighted by molar-refractivity contribution is 5.95. The predicted molar refractivity (Wildman–Crippen MR) is 132 cm³/mol. The summed E-state index contributed by atoms with van der Waals surface area (Å²) in [6.45, 7) is 5.86. The molecule has 2 aromatic rings. The summed E-state index contributed by atoms with van der Waals surface area (Å²) >= 11 is 0. The zero-order valence-corrected chi connectivity index (χ0v) is 21.1. The van der Waals surface area contributed by atoms with Crippen molar-refractivity contribution in [1.29, 1.82) is 0 Å². The number of piperidine rings is 2. The summed E-state index contributed by atoms with van der Waals surface area (Å²) in [7, 11) is 5.37. The molecular weight excluding hydrogens is 447 g/mol. The van der Waals surface area contributed by atoms with E-state index in [0.717, 1.165) is 68.8 Å². The fourth-order valence-electron chi connectivity index (χ4n) is 6.06. The molecule has 0 radical (unpaired) electrons. The van der Waals surface area contributed by atoms with E-state index in [0.29, 0.717) is 18.3 Å². The highest BCUT2D eigenvalue weighted by Crippen LogP contribution is 2.48. The third-order valence-electron chi connectivity index (χ3n) is 8.25. The predicted octanol–water partition coefficient (Wildman–Crippen LogP) is 3.01. The van der Waals surface area contributed by atoms with E-state index in [9.17, 15) is 14.0 Å². The molecule has 3 aliphatic rings. The van der Waals surface area contributed by atoms with Gasteiger partial charge in [0.2, 0.25) is 0 Å². The number of benzene rings is 1. The first kappa shape index (κ1) is 23.8. The molecule has 1 aromatic carbocycles. The van der Waals surface area contributed by atoms with E-state index in [4.69, 9.17) is 0 Å². The molecule has 8 nitrogen and oxygen atoms in total. The van der Waals surface area contributed by atoms with Gasteiger partial charge in [0.15, 0.2) is 5.69 Å². The van der Waals surface area contributed by atoms with E-state index in [1.165, 1.54) is 6.07 Å². The molecule has 0 unspecified atom stereocenters. The first-order chi connectivity index (χ1) is 16.7. The van der Waals surface area contributed by atoms with Crippen LogP contribution in [0.5, 0.6) is 0 Å². The second kappa shape index (κ2) is 8.93. The van der Waals surface area contributed by atoms with Gasteiger partial charge < -0.3 is 14.7 Å². The van der Waals surface area contributed by atoms with Gasteiger partial charge in [-0.25, -0.2) is 9.18 Å². The van der Waals surface area contributed by atoms with Crippen LogP contribution in [0.4, 0.5) is 14.9 Å². The standard InChI is InChI=1S/C26H35FN6O2/c1-18-15-22(28-30(18)4)24(34)32-11-7-20(8-12-32)31-13-9-26(10-14-31)17-33(25(35)29(2)3)23-6-5-19(27)16-21(23)26/h5-6,15-16,20H,7-14,17H2,1-4H3.